The molecule has 1 rings (SSSR count). The number of carboxylic acid groups (broad SMARTS) is 2. The van der Waals surface area contributed by atoms with Gasteiger partial charge < -0.3 is 25.8 Å². The van der Waals surface area contributed by atoms with Gasteiger partial charge in [-0.05, 0) is 24.3 Å². The molecule has 0 saturated heterocycles. The van der Waals surface area contributed by atoms with Crippen molar-refractivity contribution in [1.29, 1.82) is 0 Å². The summed E-state index contributed by atoms with van der Waals surface area (Å²) in [6.45, 7) is -0.843. The van der Waals surface area contributed by atoms with Gasteiger partial charge in [0.25, 0.3) is 0 Å². The van der Waals surface area contributed by atoms with Crippen LogP contribution in [0.15, 0.2) is 24.3 Å². The Kier molecular flexibility index (Phi) is 6.12. The lowest BCUT2D eigenvalue weighted by atomic mass is 10.3. The van der Waals surface area contributed by atoms with Crippen LogP contribution in [0.5, 0.6) is 11.5 Å². The standard InChI is InChI=1S/C10H10O6.H3N/c11-9(12)5-15-7-1-2-8(4-3-7)16-6-10(13)14;/h1-4H,5-6H2,(H,11,12)(H,13,14);1H3. The van der Waals surface area contributed by atoms with Crippen LogP contribution in [0, 0.1) is 0 Å². The van der Waals surface area contributed by atoms with Crippen molar-refractivity contribution in [1.82, 2.24) is 6.15 Å². The van der Waals surface area contributed by atoms with E-state index in [0.717, 1.165) is 0 Å². The highest BCUT2D eigenvalue weighted by Gasteiger charge is 2.01. The van der Waals surface area contributed by atoms with Gasteiger partial charge >= 0.3 is 11.9 Å². The molecule has 0 spiro atoms. The normalized spacial score (nSPS) is 8.94. The molecule has 94 valence electrons. The monoisotopic (exact) mass is 243 g/mol. The van der Waals surface area contributed by atoms with E-state index in [9.17, 15) is 9.59 Å². The molecule has 0 unspecified atom stereocenters. The van der Waals surface area contributed by atoms with Crippen LogP contribution in [0.4, 0.5) is 0 Å². The molecular weight excluding hydrogens is 230 g/mol. The van der Waals surface area contributed by atoms with Crippen LogP contribution < -0.4 is 15.6 Å². The molecule has 7 heteroatoms. The maximum Gasteiger partial charge on any atom is 0.341 e. The fraction of sp³-hybridized carbons (Fsp3) is 0.200. The third kappa shape index (κ3) is 6.00. The van der Waals surface area contributed by atoms with Gasteiger partial charge in [0.05, 0.1) is 0 Å². The maximum absolute atomic E-state index is 10.2. The third-order valence-corrected chi connectivity index (χ3v) is 1.55. The first-order valence-corrected chi connectivity index (χ1v) is 4.37. The number of aliphatic carboxylic acids is 2. The molecule has 1 aromatic carbocycles. The van der Waals surface area contributed by atoms with Gasteiger partial charge in [0.2, 0.25) is 0 Å². The molecule has 0 amide bonds. The SMILES string of the molecule is N.O=C(O)COc1ccc(OCC(=O)O)cc1. The summed E-state index contributed by atoms with van der Waals surface area (Å²) in [5, 5.41) is 16.7. The molecule has 0 aliphatic heterocycles. The predicted octanol–water partition coefficient (Wildman–Crippen LogP) is 0.775. The molecule has 7 nitrogen and oxygen atoms in total. The number of ether oxygens (including phenoxy) is 2. The Balaban J connectivity index is 0.00000256. The lowest BCUT2D eigenvalue weighted by molar-refractivity contribution is -0.140. The highest BCUT2D eigenvalue weighted by atomic mass is 16.5. The van der Waals surface area contributed by atoms with Crippen molar-refractivity contribution in [2.45, 2.75) is 0 Å². The molecule has 0 radical (unpaired) electrons. The summed E-state index contributed by atoms with van der Waals surface area (Å²) >= 11 is 0. The van der Waals surface area contributed by atoms with Crippen LogP contribution in [0.25, 0.3) is 0 Å². The summed E-state index contributed by atoms with van der Waals surface area (Å²) < 4.78 is 9.75. The van der Waals surface area contributed by atoms with E-state index in [-0.39, 0.29) is 6.15 Å². The predicted molar refractivity (Wildman–Crippen MR) is 57.7 cm³/mol. The van der Waals surface area contributed by atoms with E-state index in [1.54, 1.807) is 0 Å². The Morgan fingerprint density at radius 2 is 1.18 bits per heavy atom. The summed E-state index contributed by atoms with van der Waals surface area (Å²) in [4.78, 5) is 20.4. The first-order chi connectivity index (χ1) is 7.58. The van der Waals surface area contributed by atoms with Crippen molar-refractivity contribution in [2.75, 3.05) is 13.2 Å². The molecule has 0 aliphatic rings. The first-order valence-electron chi connectivity index (χ1n) is 4.37. The van der Waals surface area contributed by atoms with E-state index in [1.165, 1.54) is 24.3 Å². The summed E-state index contributed by atoms with van der Waals surface area (Å²) in [7, 11) is 0. The highest BCUT2D eigenvalue weighted by molar-refractivity contribution is 5.68. The minimum absolute atomic E-state index is 0. The Morgan fingerprint density at radius 1 is 0.882 bits per heavy atom. The molecular formula is C10H13NO6. The fourth-order valence-electron chi connectivity index (χ4n) is 0.922. The second kappa shape index (κ2) is 7.07. The molecule has 0 aromatic heterocycles. The third-order valence-electron chi connectivity index (χ3n) is 1.55. The van der Waals surface area contributed by atoms with Gasteiger partial charge in [0.15, 0.2) is 13.2 Å². The number of rotatable bonds is 6. The van der Waals surface area contributed by atoms with E-state index >= 15 is 0 Å². The molecule has 1 aromatic rings. The lowest BCUT2D eigenvalue weighted by Gasteiger charge is -2.05. The van der Waals surface area contributed by atoms with Gasteiger partial charge in [-0.15, -0.1) is 0 Å². The first kappa shape index (κ1) is 14.7. The summed E-state index contributed by atoms with van der Waals surface area (Å²) in [6, 6.07) is 6.00. The van der Waals surface area contributed by atoms with E-state index in [4.69, 9.17) is 19.7 Å². The maximum atomic E-state index is 10.2. The number of hydrogen-bond acceptors (Lipinski definition) is 5. The molecule has 0 aliphatic carbocycles. The van der Waals surface area contributed by atoms with Gasteiger partial charge in [-0.1, -0.05) is 0 Å². The number of carbonyl (C=O) groups is 2. The number of benzene rings is 1. The van der Waals surface area contributed by atoms with Crippen LogP contribution in [-0.4, -0.2) is 35.4 Å². The van der Waals surface area contributed by atoms with Crippen molar-refractivity contribution in [2.24, 2.45) is 0 Å². The minimum atomic E-state index is -1.06. The Labute approximate surface area is 97.2 Å². The van der Waals surface area contributed by atoms with E-state index in [2.05, 4.69) is 0 Å². The summed E-state index contributed by atoms with van der Waals surface area (Å²) in [6.07, 6.45) is 0. The van der Waals surface area contributed by atoms with Gasteiger partial charge in [-0.25, -0.2) is 9.59 Å². The van der Waals surface area contributed by atoms with Crippen LogP contribution in [0.3, 0.4) is 0 Å². The Hall–Kier alpha value is -2.28. The second-order valence-electron chi connectivity index (χ2n) is 2.84. The zero-order chi connectivity index (χ0) is 12.0. The van der Waals surface area contributed by atoms with Gasteiger partial charge in [0.1, 0.15) is 11.5 Å². The van der Waals surface area contributed by atoms with Crippen LogP contribution in [0.2, 0.25) is 0 Å². The zero-order valence-electron chi connectivity index (χ0n) is 8.96. The van der Waals surface area contributed by atoms with Crippen LogP contribution in [-0.2, 0) is 9.59 Å². The van der Waals surface area contributed by atoms with E-state index in [0.29, 0.717) is 11.5 Å². The van der Waals surface area contributed by atoms with Crippen LogP contribution >= 0.6 is 0 Å². The van der Waals surface area contributed by atoms with Crippen molar-refractivity contribution in [3.05, 3.63) is 24.3 Å². The molecule has 0 fully saturated rings. The summed E-state index contributed by atoms with van der Waals surface area (Å²) in [5.41, 5.74) is 0. The molecule has 17 heavy (non-hydrogen) atoms. The Bertz CT molecular complexity index is 338. The van der Waals surface area contributed by atoms with E-state index < -0.39 is 25.2 Å². The van der Waals surface area contributed by atoms with Crippen molar-refractivity contribution < 1.29 is 29.3 Å². The fourth-order valence-corrected chi connectivity index (χ4v) is 0.922. The molecule has 0 atom stereocenters. The van der Waals surface area contributed by atoms with E-state index in [1.807, 2.05) is 0 Å². The zero-order valence-corrected chi connectivity index (χ0v) is 8.96. The molecule has 0 bridgehead atoms. The lowest BCUT2D eigenvalue weighted by Crippen LogP contribution is -2.10. The quantitative estimate of drug-likeness (QED) is 0.673. The van der Waals surface area contributed by atoms with Crippen molar-refractivity contribution >= 4 is 11.9 Å². The van der Waals surface area contributed by atoms with Crippen molar-refractivity contribution in [3.8, 4) is 11.5 Å². The van der Waals surface area contributed by atoms with Crippen LogP contribution in [0.1, 0.15) is 0 Å². The van der Waals surface area contributed by atoms with Gasteiger partial charge in [0, 0.05) is 0 Å². The summed E-state index contributed by atoms with van der Waals surface area (Å²) in [5.74, 6) is -1.37. The van der Waals surface area contributed by atoms with Crippen molar-refractivity contribution in [3.63, 3.8) is 0 Å². The average molecular weight is 243 g/mol. The number of hydrogen-bond donors (Lipinski definition) is 3. The molecule has 0 saturated carbocycles. The topological polar surface area (TPSA) is 128 Å². The molecule has 5 N–H and O–H groups in total. The highest BCUT2D eigenvalue weighted by Crippen LogP contribution is 2.17. The molecule has 0 heterocycles. The Morgan fingerprint density at radius 3 is 1.41 bits per heavy atom. The average Bonchev–Trinajstić information content (AvgIpc) is 2.25. The largest absolute Gasteiger partial charge is 0.482 e. The van der Waals surface area contributed by atoms with Gasteiger partial charge in [-0.2, -0.15) is 0 Å². The second-order valence-corrected chi connectivity index (χ2v) is 2.84. The smallest absolute Gasteiger partial charge is 0.341 e. The number of carboxylic acids is 2. The van der Waals surface area contributed by atoms with Gasteiger partial charge in [-0.3, -0.25) is 0 Å². The minimum Gasteiger partial charge on any atom is -0.482 e.